The lowest BCUT2D eigenvalue weighted by atomic mass is 9.85. The van der Waals surface area contributed by atoms with Gasteiger partial charge in [0.1, 0.15) is 43.2 Å². The van der Waals surface area contributed by atoms with E-state index in [1.165, 1.54) is 103 Å². The average molecular weight is 891 g/mol. The first-order valence-corrected chi connectivity index (χ1v) is 25.6. The maximum Gasteiger partial charge on any atom is 0.472 e. The summed E-state index contributed by atoms with van der Waals surface area (Å²) in [4.78, 5) is 54.1. The van der Waals surface area contributed by atoms with Crippen LogP contribution in [0, 0.1) is 0 Å². The van der Waals surface area contributed by atoms with Crippen molar-refractivity contribution in [3.05, 3.63) is 0 Å². The van der Waals surface area contributed by atoms with Crippen LogP contribution in [0.5, 0.6) is 0 Å². The van der Waals surface area contributed by atoms with Crippen LogP contribution in [0.1, 0.15) is 194 Å². The minimum atomic E-state index is -5.35. The molecule has 0 aliphatic heterocycles. The van der Waals surface area contributed by atoms with E-state index in [-0.39, 0.29) is 12.8 Å². The second kappa shape index (κ2) is 33.5. The van der Waals surface area contributed by atoms with Gasteiger partial charge in [-0.1, -0.05) is 168 Å². The number of phosphoric ester groups is 2. The van der Waals surface area contributed by atoms with Crippen molar-refractivity contribution in [3.63, 3.8) is 0 Å². The van der Waals surface area contributed by atoms with Gasteiger partial charge in [0, 0.05) is 12.8 Å². The first-order valence-electron chi connectivity index (χ1n) is 22.6. The standard InChI is InChI=1S/C41H80O16P2/c1-3-5-7-9-11-13-15-17-19-21-23-25-27-29-34(42)53-31-33(55-35(43)30-28-26-24-22-20-18-16-14-12-10-8-6-4-2)32-54-59(51,52)57-41-38(46)36(44)37(45)40(39(41)47)56-58(48,49)50/h33,36-41,44-47H,3-32H2,1-2H3,(H,51,52)(H2,48,49,50)/t33-,36-,37+,38-,39+,40-,41+/m1/s1. The summed E-state index contributed by atoms with van der Waals surface area (Å²) in [6, 6.07) is 0. The lowest BCUT2D eigenvalue weighted by Gasteiger charge is -2.43. The van der Waals surface area contributed by atoms with Crippen LogP contribution in [0.2, 0.25) is 0 Å². The molecule has 0 aromatic heterocycles. The Morgan fingerprint density at radius 1 is 0.475 bits per heavy atom. The summed E-state index contributed by atoms with van der Waals surface area (Å²) in [5, 5.41) is 41.1. The van der Waals surface area contributed by atoms with Gasteiger partial charge < -0.3 is 44.6 Å². The van der Waals surface area contributed by atoms with Crippen molar-refractivity contribution in [3.8, 4) is 0 Å². The van der Waals surface area contributed by atoms with Gasteiger partial charge in [-0.05, 0) is 12.8 Å². The molecule has 1 aliphatic rings. The summed E-state index contributed by atoms with van der Waals surface area (Å²) in [6.45, 7) is 3.11. The van der Waals surface area contributed by atoms with Gasteiger partial charge in [-0.2, -0.15) is 0 Å². The van der Waals surface area contributed by atoms with Crippen LogP contribution in [0.25, 0.3) is 0 Å². The SMILES string of the molecule is CCCCCCCCCCCCCCCC(=O)OC[C@H](COP(=O)(O)O[C@@H]1[C@@H](O)[C@H](OP(=O)(O)O)[C@@H](O)[C@@H](O)[C@H]1O)OC(=O)CCCCCCCCCCCCCCC. The molecule has 1 aliphatic carbocycles. The van der Waals surface area contributed by atoms with Crippen LogP contribution in [-0.2, 0) is 41.8 Å². The summed E-state index contributed by atoms with van der Waals surface area (Å²) in [5.41, 5.74) is 0. The zero-order chi connectivity index (χ0) is 43.9. The van der Waals surface area contributed by atoms with E-state index < -0.39 is 83.5 Å². The lowest BCUT2D eigenvalue weighted by Crippen LogP contribution is -2.64. The number of carbonyl (C=O) groups is 2. The molecular weight excluding hydrogens is 810 g/mol. The van der Waals surface area contributed by atoms with Crippen LogP contribution < -0.4 is 0 Å². The van der Waals surface area contributed by atoms with Crippen molar-refractivity contribution in [1.29, 1.82) is 0 Å². The molecule has 0 aromatic carbocycles. The molecule has 0 radical (unpaired) electrons. The Balaban J connectivity index is 2.61. The predicted octanol–water partition coefficient (Wildman–Crippen LogP) is 7.84. The van der Waals surface area contributed by atoms with E-state index >= 15 is 0 Å². The molecule has 1 fully saturated rings. The quantitative estimate of drug-likeness (QED) is 0.0177. The van der Waals surface area contributed by atoms with Crippen LogP contribution in [0.15, 0.2) is 0 Å². The number of carbonyl (C=O) groups excluding carboxylic acids is 2. The molecule has 0 bridgehead atoms. The summed E-state index contributed by atoms with van der Waals surface area (Å²) in [5.74, 6) is -1.19. The minimum Gasteiger partial charge on any atom is -0.462 e. The smallest absolute Gasteiger partial charge is 0.462 e. The summed E-state index contributed by atoms with van der Waals surface area (Å²) < 4.78 is 49.3. The van der Waals surface area contributed by atoms with Crippen molar-refractivity contribution in [2.24, 2.45) is 0 Å². The van der Waals surface area contributed by atoms with E-state index in [4.69, 9.17) is 28.3 Å². The highest BCUT2D eigenvalue weighted by Gasteiger charge is 2.54. The fourth-order valence-electron chi connectivity index (χ4n) is 7.14. The topological polar surface area (TPSA) is 256 Å². The van der Waals surface area contributed by atoms with Gasteiger partial charge in [0.2, 0.25) is 0 Å². The second-order valence-corrected chi connectivity index (χ2v) is 18.7. The molecule has 0 aromatic rings. The Morgan fingerprint density at radius 2 is 0.831 bits per heavy atom. The van der Waals surface area contributed by atoms with Gasteiger partial charge in [0.15, 0.2) is 6.10 Å². The third kappa shape index (κ3) is 28.3. The summed E-state index contributed by atoms with van der Waals surface area (Å²) >= 11 is 0. The fourth-order valence-corrected chi connectivity index (χ4v) is 8.68. The van der Waals surface area contributed by atoms with Gasteiger partial charge in [-0.15, -0.1) is 0 Å². The largest absolute Gasteiger partial charge is 0.472 e. The molecule has 8 atom stereocenters. The third-order valence-electron chi connectivity index (χ3n) is 10.7. The molecule has 7 N–H and O–H groups in total. The number of hydrogen-bond donors (Lipinski definition) is 7. The third-order valence-corrected chi connectivity index (χ3v) is 12.2. The van der Waals surface area contributed by atoms with Gasteiger partial charge in [-0.3, -0.25) is 23.2 Å². The zero-order valence-electron chi connectivity index (χ0n) is 36.0. The highest BCUT2D eigenvalue weighted by atomic mass is 31.2. The predicted molar refractivity (Wildman–Crippen MR) is 223 cm³/mol. The molecule has 0 heterocycles. The normalized spacial score (nSPS) is 22.5. The number of aliphatic hydroxyl groups excluding tert-OH is 4. The van der Waals surface area contributed by atoms with E-state index in [9.17, 15) is 44.0 Å². The summed E-state index contributed by atoms with van der Waals surface area (Å²) in [7, 11) is -10.6. The number of aliphatic hydroxyl groups is 4. The fraction of sp³-hybridized carbons (Fsp3) is 0.951. The maximum atomic E-state index is 12.9. The molecule has 16 nitrogen and oxygen atoms in total. The average Bonchev–Trinajstić information content (AvgIpc) is 3.18. The molecule has 0 spiro atoms. The minimum absolute atomic E-state index is 0.0517. The molecule has 0 amide bonds. The van der Waals surface area contributed by atoms with Crippen molar-refractivity contribution in [2.45, 2.75) is 236 Å². The molecular formula is C41H80O16P2. The Morgan fingerprint density at radius 3 is 1.22 bits per heavy atom. The Labute approximate surface area is 353 Å². The molecule has 59 heavy (non-hydrogen) atoms. The van der Waals surface area contributed by atoms with E-state index in [2.05, 4.69) is 18.4 Å². The molecule has 0 saturated heterocycles. The van der Waals surface area contributed by atoms with Crippen molar-refractivity contribution >= 4 is 27.6 Å². The maximum absolute atomic E-state index is 12.9. The number of rotatable bonds is 38. The monoisotopic (exact) mass is 890 g/mol. The number of ether oxygens (including phenoxy) is 2. The van der Waals surface area contributed by atoms with Crippen LogP contribution in [0.4, 0.5) is 0 Å². The van der Waals surface area contributed by atoms with Gasteiger partial charge in [0.05, 0.1) is 6.61 Å². The van der Waals surface area contributed by atoms with Gasteiger partial charge in [-0.25, -0.2) is 9.13 Å². The van der Waals surface area contributed by atoms with E-state index in [0.29, 0.717) is 12.8 Å². The molecule has 18 heteroatoms. The van der Waals surface area contributed by atoms with Crippen LogP contribution in [-0.4, -0.2) is 103 Å². The van der Waals surface area contributed by atoms with E-state index in [1.54, 1.807) is 0 Å². The zero-order valence-corrected chi connectivity index (χ0v) is 37.7. The molecule has 350 valence electrons. The summed E-state index contributed by atoms with van der Waals surface area (Å²) in [6.07, 6.45) is 15.0. The lowest BCUT2D eigenvalue weighted by molar-refractivity contribution is -0.216. The number of hydrogen-bond acceptors (Lipinski definition) is 13. The van der Waals surface area contributed by atoms with Crippen molar-refractivity contribution in [2.75, 3.05) is 13.2 Å². The number of unbranched alkanes of at least 4 members (excludes halogenated alkanes) is 24. The second-order valence-electron chi connectivity index (χ2n) is 16.1. The highest BCUT2D eigenvalue weighted by molar-refractivity contribution is 7.47. The van der Waals surface area contributed by atoms with E-state index in [0.717, 1.165) is 51.4 Å². The highest BCUT2D eigenvalue weighted by Crippen LogP contribution is 2.49. The molecule has 1 unspecified atom stereocenters. The van der Waals surface area contributed by atoms with Crippen molar-refractivity contribution < 1.29 is 76.9 Å². The van der Waals surface area contributed by atoms with Crippen LogP contribution >= 0.6 is 15.6 Å². The first-order chi connectivity index (χ1) is 28.1. The van der Waals surface area contributed by atoms with Gasteiger partial charge >= 0.3 is 27.6 Å². The first kappa shape index (κ1) is 56.0. The van der Waals surface area contributed by atoms with Gasteiger partial charge in [0.25, 0.3) is 0 Å². The Kier molecular flexibility index (Phi) is 31.8. The number of esters is 2. The van der Waals surface area contributed by atoms with Crippen LogP contribution in [0.3, 0.4) is 0 Å². The Bertz CT molecular complexity index is 1170. The Hall–Kier alpha value is -1.00. The number of phosphoric acid groups is 2. The molecule has 1 rings (SSSR count). The van der Waals surface area contributed by atoms with E-state index in [1.807, 2.05) is 0 Å². The van der Waals surface area contributed by atoms with Crippen molar-refractivity contribution in [1.82, 2.24) is 0 Å². The molecule has 1 saturated carbocycles.